The maximum Gasteiger partial charge on any atom is 0.251 e. The maximum atomic E-state index is 13.0. The van der Waals surface area contributed by atoms with E-state index in [0.29, 0.717) is 36.6 Å². The van der Waals surface area contributed by atoms with Crippen molar-refractivity contribution in [1.82, 2.24) is 15.3 Å². The van der Waals surface area contributed by atoms with E-state index in [-0.39, 0.29) is 11.8 Å². The monoisotopic (exact) mass is 638 g/mol. The van der Waals surface area contributed by atoms with Crippen LogP contribution in [0.25, 0.3) is 10.9 Å². The largest absolute Gasteiger partial charge is 0.387 e. The topological polar surface area (TPSA) is 103 Å². The first-order chi connectivity index (χ1) is 23.4. The fraction of sp³-hybridized carbons (Fsp3) is 0.300. The number of aliphatic hydroxyl groups is 1. The van der Waals surface area contributed by atoms with Gasteiger partial charge in [0.2, 0.25) is 5.95 Å². The summed E-state index contributed by atoms with van der Waals surface area (Å²) in [5.74, 6) is 1.77. The van der Waals surface area contributed by atoms with Crippen LogP contribution in [0, 0.1) is 5.92 Å². The highest BCUT2D eigenvalue weighted by Crippen LogP contribution is 2.43. The molecule has 2 aliphatic rings. The minimum Gasteiger partial charge on any atom is -0.387 e. The Labute approximate surface area is 282 Å². The number of rotatable bonds is 9. The molecule has 3 N–H and O–H groups in total. The molecule has 1 fully saturated rings. The quantitative estimate of drug-likeness (QED) is 0.162. The first-order valence-electron chi connectivity index (χ1n) is 16.9. The molecule has 0 aliphatic heterocycles. The molecular formula is C40H42N6O2. The summed E-state index contributed by atoms with van der Waals surface area (Å²) in [4.78, 5) is 29.6. The fourth-order valence-electron chi connectivity index (χ4n) is 7.10. The first-order valence-corrected chi connectivity index (χ1v) is 16.9. The molecule has 2 unspecified atom stereocenters. The van der Waals surface area contributed by atoms with E-state index in [9.17, 15) is 9.90 Å². The van der Waals surface area contributed by atoms with E-state index in [1.807, 2.05) is 116 Å². The number of hydrogen-bond acceptors (Lipinski definition) is 7. The van der Waals surface area contributed by atoms with Gasteiger partial charge in [-0.2, -0.15) is 4.98 Å². The van der Waals surface area contributed by atoms with Gasteiger partial charge in [-0.3, -0.25) is 9.79 Å². The molecule has 0 bridgehead atoms. The number of carbonyl (C=O) groups excluding carboxylic acids is 1. The number of fused-ring (bicyclic) bond motifs is 2. The molecule has 2 aliphatic carbocycles. The average molecular weight is 639 g/mol. The SMILES string of the molecule is CN(C)c1nc(N[C@H]2CC[C@@H](CNC(=O)c3ccc(C/N=C4/c5ccccc5C(O)C4c4ccccc4)cc3)CC2)nc2ccccc12. The van der Waals surface area contributed by atoms with Gasteiger partial charge in [0.15, 0.2) is 0 Å². The van der Waals surface area contributed by atoms with Gasteiger partial charge in [-0.25, -0.2) is 4.98 Å². The van der Waals surface area contributed by atoms with Crippen LogP contribution in [0.5, 0.6) is 0 Å². The summed E-state index contributed by atoms with van der Waals surface area (Å²) in [6.07, 6.45) is 3.46. The van der Waals surface area contributed by atoms with Crippen LogP contribution in [0.4, 0.5) is 11.8 Å². The molecule has 244 valence electrons. The molecule has 0 radical (unpaired) electrons. The third kappa shape index (κ3) is 6.66. The molecule has 8 nitrogen and oxygen atoms in total. The van der Waals surface area contributed by atoms with Crippen LogP contribution in [-0.2, 0) is 6.54 Å². The van der Waals surface area contributed by atoms with E-state index < -0.39 is 6.10 Å². The number of nitrogens with zero attached hydrogens (tertiary/aromatic N) is 4. The van der Waals surface area contributed by atoms with E-state index >= 15 is 0 Å². The third-order valence-corrected chi connectivity index (χ3v) is 9.71. The van der Waals surface area contributed by atoms with Crippen molar-refractivity contribution >= 4 is 34.3 Å². The summed E-state index contributed by atoms with van der Waals surface area (Å²) in [6.45, 7) is 1.14. The Bertz CT molecular complexity index is 1920. The number of hydrogen-bond donors (Lipinski definition) is 3. The van der Waals surface area contributed by atoms with Crippen molar-refractivity contribution in [1.29, 1.82) is 0 Å². The highest BCUT2D eigenvalue weighted by molar-refractivity contribution is 6.09. The second-order valence-corrected chi connectivity index (χ2v) is 13.2. The zero-order chi connectivity index (χ0) is 33.0. The molecule has 0 spiro atoms. The summed E-state index contributed by atoms with van der Waals surface area (Å²) >= 11 is 0. The van der Waals surface area contributed by atoms with E-state index in [2.05, 4.69) is 16.7 Å². The summed E-state index contributed by atoms with van der Waals surface area (Å²) in [7, 11) is 4.01. The second-order valence-electron chi connectivity index (χ2n) is 13.2. The highest BCUT2D eigenvalue weighted by Gasteiger charge is 2.37. The molecule has 1 saturated carbocycles. The fourth-order valence-corrected chi connectivity index (χ4v) is 7.10. The molecule has 7 rings (SSSR count). The van der Waals surface area contributed by atoms with Gasteiger partial charge in [-0.1, -0.05) is 78.9 Å². The predicted molar refractivity (Wildman–Crippen MR) is 193 cm³/mol. The molecule has 4 aromatic carbocycles. The normalized spacial score (nSPS) is 21.2. The number of para-hydroxylation sites is 1. The van der Waals surface area contributed by atoms with Crippen molar-refractivity contribution in [2.24, 2.45) is 10.9 Å². The van der Waals surface area contributed by atoms with Crippen molar-refractivity contribution in [3.8, 4) is 0 Å². The zero-order valence-corrected chi connectivity index (χ0v) is 27.5. The van der Waals surface area contributed by atoms with E-state index in [1.54, 1.807) is 0 Å². The van der Waals surface area contributed by atoms with E-state index in [4.69, 9.17) is 15.0 Å². The summed E-state index contributed by atoms with van der Waals surface area (Å²) in [5, 5.41) is 19.0. The van der Waals surface area contributed by atoms with Gasteiger partial charge in [-0.05, 0) is 72.6 Å². The molecule has 5 aromatic rings. The molecule has 0 saturated heterocycles. The van der Waals surface area contributed by atoms with Gasteiger partial charge in [0.05, 0.1) is 29.8 Å². The number of benzene rings is 4. The van der Waals surface area contributed by atoms with Crippen molar-refractivity contribution < 1.29 is 9.90 Å². The van der Waals surface area contributed by atoms with Gasteiger partial charge >= 0.3 is 0 Å². The highest BCUT2D eigenvalue weighted by atomic mass is 16.3. The van der Waals surface area contributed by atoms with Gasteiger partial charge in [0.1, 0.15) is 5.82 Å². The van der Waals surface area contributed by atoms with Gasteiger partial charge in [0.25, 0.3) is 5.91 Å². The Morgan fingerprint density at radius 3 is 2.33 bits per heavy atom. The number of nitrogens with one attached hydrogen (secondary N) is 2. The van der Waals surface area contributed by atoms with E-state index in [1.165, 1.54) is 0 Å². The van der Waals surface area contributed by atoms with Gasteiger partial charge < -0.3 is 20.6 Å². The Kier molecular flexibility index (Phi) is 9.16. The number of amides is 1. The van der Waals surface area contributed by atoms with Crippen molar-refractivity contribution in [2.75, 3.05) is 30.9 Å². The van der Waals surface area contributed by atoms with Crippen LogP contribution in [0.3, 0.4) is 0 Å². The van der Waals surface area contributed by atoms with Crippen LogP contribution in [0.1, 0.15) is 70.3 Å². The van der Waals surface area contributed by atoms with E-state index in [0.717, 1.165) is 70.4 Å². The van der Waals surface area contributed by atoms with Crippen LogP contribution >= 0.6 is 0 Å². The molecule has 8 heteroatoms. The Balaban J connectivity index is 0.924. The maximum absolute atomic E-state index is 13.0. The molecule has 1 amide bonds. The second kappa shape index (κ2) is 14.0. The summed E-state index contributed by atoms with van der Waals surface area (Å²) in [5.41, 5.74) is 6.47. The molecular weight excluding hydrogens is 596 g/mol. The Hall–Kier alpha value is -5.08. The van der Waals surface area contributed by atoms with Gasteiger partial charge in [0, 0.05) is 43.2 Å². The minimum absolute atomic E-state index is 0.0501. The lowest BCUT2D eigenvalue weighted by atomic mass is 9.86. The minimum atomic E-state index is -0.630. The smallest absolute Gasteiger partial charge is 0.251 e. The molecule has 1 heterocycles. The van der Waals surface area contributed by atoms with Gasteiger partial charge in [-0.15, -0.1) is 0 Å². The van der Waals surface area contributed by atoms with Crippen molar-refractivity contribution in [2.45, 2.75) is 50.3 Å². The summed E-state index contributed by atoms with van der Waals surface area (Å²) < 4.78 is 0. The molecule has 48 heavy (non-hydrogen) atoms. The van der Waals surface area contributed by atoms with Crippen LogP contribution in [0.2, 0.25) is 0 Å². The lowest BCUT2D eigenvalue weighted by Gasteiger charge is -2.29. The zero-order valence-electron chi connectivity index (χ0n) is 27.5. The number of aliphatic hydroxyl groups excluding tert-OH is 1. The number of carbonyl (C=O) groups is 1. The summed E-state index contributed by atoms with van der Waals surface area (Å²) in [6, 6.07) is 34.2. The molecule has 2 atom stereocenters. The lowest BCUT2D eigenvalue weighted by Crippen LogP contribution is -2.34. The van der Waals surface area contributed by atoms with Crippen LogP contribution in [-0.4, -0.2) is 53.4 Å². The Morgan fingerprint density at radius 1 is 0.854 bits per heavy atom. The Morgan fingerprint density at radius 2 is 1.56 bits per heavy atom. The standard InChI is InChI=1S/C40H42N6O2/c1-46(2)38-33-14-8-9-15-34(33)44-40(45-38)43-30-22-18-27(19-23-30)25-42-39(48)29-20-16-26(17-21-29)24-41-36-31-12-6-7-13-32(31)37(47)35(36)28-10-4-3-5-11-28/h3-17,20-21,27,30,35,37,47H,18-19,22-25H2,1-2H3,(H,42,48)(H,43,44,45)/b41-36-/t27-,30+,35?,37?. The van der Waals surface area contributed by atoms with Crippen LogP contribution < -0.4 is 15.5 Å². The van der Waals surface area contributed by atoms with Crippen LogP contribution in [0.15, 0.2) is 108 Å². The first kappa shape index (κ1) is 31.5. The lowest BCUT2D eigenvalue weighted by molar-refractivity contribution is 0.0943. The van der Waals surface area contributed by atoms with Crippen molar-refractivity contribution in [3.63, 3.8) is 0 Å². The molecule has 1 aromatic heterocycles. The van der Waals surface area contributed by atoms with Crippen molar-refractivity contribution in [3.05, 3.63) is 131 Å². The predicted octanol–water partition coefficient (Wildman–Crippen LogP) is 6.92. The average Bonchev–Trinajstić information content (AvgIpc) is 3.41. The third-order valence-electron chi connectivity index (χ3n) is 9.71. The number of aromatic nitrogens is 2. The number of anilines is 2. The number of aliphatic imine (C=N–C) groups is 1.